The first-order chi connectivity index (χ1) is 12.1. The Morgan fingerprint density at radius 2 is 2.24 bits per heavy atom. The number of nitrogens with zero attached hydrogens (tertiary/aromatic N) is 3. The summed E-state index contributed by atoms with van der Waals surface area (Å²) in [6, 6.07) is 8.03. The molecule has 2 aromatic rings. The summed E-state index contributed by atoms with van der Waals surface area (Å²) < 4.78 is 7.39. The molecule has 1 fully saturated rings. The van der Waals surface area contributed by atoms with Crippen LogP contribution in [0.25, 0.3) is 11.4 Å². The third-order valence-corrected chi connectivity index (χ3v) is 5.03. The predicted octanol–water partition coefficient (Wildman–Crippen LogP) is 2.90. The van der Waals surface area contributed by atoms with E-state index in [4.69, 9.17) is 4.74 Å². The molecule has 0 radical (unpaired) electrons. The molecule has 1 aromatic heterocycles. The molecule has 1 aliphatic carbocycles. The van der Waals surface area contributed by atoms with Gasteiger partial charge in [-0.2, -0.15) is 0 Å². The molecule has 1 N–H and O–H groups in total. The fraction of sp³-hybridized carbons (Fsp3) is 0.389. The minimum atomic E-state index is -0.237. The van der Waals surface area contributed by atoms with Crippen LogP contribution in [0.15, 0.2) is 42.1 Å². The van der Waals surface area contributed by atoms with Gasteiger partial charge in [0.15, 0.2) is 11.0 Å². The van der Waals surface area contributed by atoms with E-state index >= 15 is 0 Å². The number of benzene rings is 1. The van der Waals surface area contributed by atoms with E-state index < -0.39 is 0 Å². The average Bonchev–Trinajstić information content (AvgIpc) is 3.36. The zero-order valence-electron chi connectivity index (χ0n) is 14.4. The molecule has 0 saturated heterocycles. The number of ether oxygens (including phenoxy) is 1. The summed E-state index contributed by atoms with van der Waals surface area (Å²) in [5.41, 5.74) is 0.862. The summed E-state index contributed by atoms with van der Waals surface area (Å²) in [5.74, 6) is 1.48. The average molecular weight is 358 g/mol. The maximum Gasteiger partial charge on any atom is 0.233 e. The molecule has 0 spiro atoms. The minimum absolute atomic E-state index is 0.0412. The molecule has 1 aliphatic rings. The van der Waals surface area contributed by atoms with E-state index in [1.165, 1.54) is 11.8 Å². The molecule has 1 aromatic carbocycles. The monoisotopic (exact) mass is 358 g/mol. The highest BCUT2D eigenvalue weighted by molar-refractivity contribution is 8.00. The van der Waals surface area contributed by atoms with Gasteiger partial charge in [0.05, 0.1) is 17.9 Å². The number of allylic oxidation sites excluding steroid dienone is 1. The lowest BCUT2D eigenvalue weighted by Crippen LogP contribution is -2.32. The van der Waals surface area contributed by atoms with Crippen LogP contribution in [0.4, 0.5) is 0 Å². The van der Waals surface area contributed by atoms with E-state index in [0.29, 0.717) is 23.6 Å². The molecule has 1 amide bonds. The molecule has 1 atom stereocenters. The quantitative estimate of drug-likeness (QED) is 0.580. The van der Waals surface area contributed by atoms with Crippen LogP contribution in [-0.4, -0.2) is 39.1 Å². The molecule has 0 unspecified atom stereocenters. The second kappa shape index (κ2) is 7.74. The second-order valence-electron chi connectivity index (χ2n) is 5.95. The topological polar surface area (TPSA) is 69.0 Å². The number of aromatic nitrogens is 3. The number of rotatable bonds is 8. The Morgan fingerprint density at radius 3 is 2.92 bits per heavy atom. The van der Waals surface area contributed by atoms with Crippen LogP contribution in [0.3, 0.4) is 0 Å². The minimum Gasteiger partial charge on any atom is -0.496 e. The van der Waals surface area contributed by atoms with Crippen LogP contribution in [0.2, 0.25) is 0 Å². The lowest BCUT2D eigenvalue weighted by molar-refractivity contribution is -0.120. The Kier molecular flexibility index (Phi) is 5.43. The number of hydrogen-bond acceptors (Lipinski definition) is 5. The maximum atomic E-state index is 12.2. The molecule has 3 rings (SSSR count). The van der Waals surface area contributed by atoms with Gasteiger partial charge in [0.25, 0.3) is 0 Å². The standard InChI is InChI=1S/C18H22N4O2S/c1-4-11-22-16(14-7-5-6-8-15(14)24-3)20-21-18(22)25-12(2)17(23)19-13-9-10-13/h4-8,12-13H,1,9-11H2,2-3H3,(H,19,23)/t12-/m0/s1. The number of thioether (sulfide) groups is 1. The Labute approximate surface area is 151 Å². The molecule has 25 heavy (non-hydrogen) atoms. The lowest BCUT2D eigenvalue weighted by atomic mass is 10.2. The second-order valence-corrected chi connectivity index (χ2v) is 7.26. The summed E-state index contributed by atoms with van der Waals surface area (Å²) >= 11 is 1.41. The van der Waals surface area contributed by atoms with Crippen LogP contribution in [0.1, 0.15) is 19.8 Å². The van der Waals surface area contributed by atoms with Crippen molar-refractivity contribution in [1.82, 2.24) is 20.1 Å². The number of nitrogens with one attached hydrogen (secondary N) is 1. The van der Waals surface area contributed by atoms with Gasteiger partial charge in [-0.05, 0) is 31.9 Å². The van der Waals surface area contributed by atoms with Crippen LogP contribution in [-0.2, 0) is 11.3 Å². The van der Waals surface area contributed by atoms with Gasteiger partial charge in [-0.1, -0.05) is 30.0 Å². The summed E-state index contributed by atoms with van der Waals surface area (Å²) in [6.07, 6.45) is 3.95. The smallest absolute Gasteiger partial charge is 0.233 e. The van der Waals surface area contributed by atoms with Gasteiger partial charge in [-0.15, -0.1) is 16.8 Å². The zero-order valence-corrected chi connectivity index (χ0v) is 15.3. The number of amides is 1. The summed E-state index contributed by atoms with van der Waals surface area (Å²) in [4.78, 5) is 12.2. The van der Waals surface area contributed by atoms with E-state index in [-0.39, 0.29) is 11.2 Å². The van der Waals surface area contributed by atoms with E-state index in [1.54, 1.807) is 13.2 Å². The van der Waals surface area contributed by atoms with Gasteiger partial charge < -0.3 is 10.1 Å². The molecule has 6 nitrogen and oxygen atoms in total. The molecule has 1 heterocycles. The SMILES string of the molecule is C=CCn1c(S[C@@H](C)C(=O)NC2CC2)nnc1-c1ccccc1OC. The lowest BCUT2D eigenvalue weighted by Gasteiger charge is -2.13. The van der Waals surface area contributed by atoms with Crippen molar-refractivity contribution >= 4 is 17.7 Å². The molecule has 0 bridgehead atoms. The first-order valence-electron chi connectivity index (χ1n) is 8.28. The Morgan fingerprint density at radius 1 is 1.48 bits per heavy atom. The van der Waals surface area contributed by atoms with Crippen LogP contribution < -0.4 is 10.1 Å². The number of para-hydroxylation sites is 1. The highest BCUT2D eigenvalue weighted by Gasteiger charge is 2.27. The summed E-state index contributed by atoms with van der Waals surface area (Å²) in [6.45, 7) is 6.26. The molecule has 1 saturated carbocycles. The Bertz CT molecular complexity index is 770. The van der Waals surface area contributed by atoms with Crippen molar-refractivity contribution in [2.24, 2.45) is 0 Å². The number of hydrogen-bond donors (Lipinski definition) is 1. The van der Waals surface area contributed by atoms with Crippen molar-refractivity contribution in [2.75, 3.05) is 7.11 Å². The molecule has 7 heteroatoms. The van der Waals surface area contributed by atoms with Crippen molar-refractivity contribution in [3.05, 3.63) is 36.9 Å². The number of carbonyl (C=O) groups excluding carboxylic acids is 1. The highest BCUT2D eigenvalue weighted by atomic mass is 32.2. The summed E-state index contributed by atoms with van der Waals surface area (Å²) in [7, 11) is 1.63. The van der Waals surface area contributed by atoms with Crippen LogP contribution in [0, 0.1) is 0 Å². The Balaban J connectivity index is 1.86. The first-order valence-corrected chi connectivity index (χ1v) is 9.16. The van der Waals surface area contributed by atoms with Gasteiger partial charge in [0.2, 0.25) is 5.91 Å². The largest absolute Gasteiger partial charge is 0.496 e. The van der Waals surface area contributed by atoms with Gasteiger partial charge in [0.1, 0.15) is 5.75 Å². The van der Waals surface area contributed by atoms with E-state index in [2.05, 4.69) is 22.1 Å². The van der Waals surface area contributed by atoms with Gasteiger partial charge >= 0.3 is 0 Å². The number of carbonyl (C=O) groups is 1. The molecule has 0 aliphatic heterocycles. The molecular formula is C18H22N4O2S. The van der Waals surface area contributed by atoms with Crippen LogP contribution >= 0.6 is 11.8 Å². The third-order valence-electron chi connectivity index (χ3n) is 3.95. The molecular weight excluding hydrogens is 336 g/mol. The van der Waals surface area contributed by atoms with Crippen molar-refractivity contribution < 1.29 is 9.53 Å². The van der Waals surface area contributed by atoms with Gasteiger partial charge in [0, 0.05) is 12.6 Å². The first kappa shape index (κ1) is 17.5. The van der Waals surface area contributed by atoms with Crippen LogP contribution in [0.5, 0.6) is 5.75 Å². The van der Waals surface area contributed by atoms with E-state index in [9.17, 15) is 4.79 Å². The van der Waals surface area contributed by atoms with Crippen molar-refractivity contribution in [1.29, 1.82) is 0 Å². The third kappa shape index (κ3) is 4.04. The van der Waals surface area contributed by atoms with Crippen molar-refractivity contribution in [2.45, 2.75) is 42.8 Å². The maximum absolute atomic E-state index is 12.2. The summed E-state index contributed by atoms with van der Waals surface area (Å²) in [5, 5.41) is 12.1. The fourth-order valence-corrected chi connectivity index (χ4v) is 3.32. The normalized spacial score (nSPS) is 14.8. The highest BCUT2D eigenvalue weighted by Crippen LogP contribution is 2.32. The predicted molar refractivity (Wildman–Crippen MR) is 98.7 cm³/mol. The number of methoxy groups -OCH3 is 1. The Hall–Kier alpha value is -2.28. The van der Waals surface area contributed by atoms with Crippen molar-refractivity contribution in [3.63, 3.8) is 0 Å². The van der Waals surface area contributed by atoms with E-state index in [0.717, 1.165) is 24.2 Å². The van der Waals surface area contributed by atoms with E-state index in [1.807, 2.05) is 35.8 Å². The van der Waals surface area contributed by atoms with Crippen molar-refractivity contribution in [3.8, 4) is 17.1 Å². The van der Waals surface area contributed by atoms with Gasteiger partial charge in [-0.3, -0.25) is 9.36 Å². The zero-order chi connectivity index (χ0) is 17.8. The fourth-order valence-electron chi connectivity index (χ4n) is 2.46. The van der Waals surface area contributed by atoms with Gasteiger partial charge in [-0.25, -0.2) is 0 Å². The molecule has 132 valence electrons.